The number of nitrogens with one attached hydrogen (secondary N) is 1. The van der Waals surface area contributed by atoms with Gasteiger partial charge in [-0.1, -0.05) is 30.3 Å². The number of rotatable bonds is 3. The SMILES string of the molecule is O=C(Nc1csc(C(F)(F)F)n1)OCc1ccccc1. The summed E-state index contributed by atoms with van der Waals surface area (Å²) in [6.07, 6.45) is -5.37. The number of hydrogen-bond acceptors (Lipinski definition) is 4. The van der Waals surface area contributed by atoms with Crippen molar-refractivity contribution in [3.63, 3.8) is 0 Å². The maximum absolute atomic E-state index is 12.3. The van der Waals surface area contributed by atoms with Gasteiger partial charge in [0.05, 0.1) is 0 Å². The van der Waals surface area contributed by atoms with Gasteiger partial charge in [0.15, 0.2) is 5.01 Å². The van der Waals surface area contributed by atoms with Gasteiger partial charge in [-0.05, 0) is 5.56 Å². The molecule has 106 valence electrons. The minimum atomic E-state index is -4.52. The van der Waals surface area contributed by atoms with Gasteiger partial charge in [-0.25, -0.2) is 9.78 Å². The molecule has 0 unspecified atom stereocenters. The van der Waals surface area contributed by atoms with Crippen LogP contribution in [0.5, 0.6) is 0 Å². The van der Waals surface area contributed by atoms with E-state index in [-0.39, 0.29) is 12.4 Å². The summed E-state index contributed by atoms with van der Waals surface area (Å²) >= 11 is 0.407. The van der Waals surface area contributed by atoms with Crippen LogP contribution in [0.2, 0.25) is 0 Å². The van der Waals surface area contributed by atoms with Crippen LogP contribution in [0, 0.1) is 0 Å². The van der Waals surface area contributed by atoms with Crippen molar-refractivity contribution in [3.8, 4) is 0 Å². The van der Waals surface area contributed by atoms with Crippen LogP contribution in [0.15, 0.2) is 35.7 Å². The number of hydrogen-bond donors (Lipinski definition) is 1. The summed E-state index contributed by atoms with van der Waals surface area (Å²) in [5.41, 5.74) is 0.775. The highest BCUT2D eigenvalue weighted by molar-refractivity contribution is 7.10. The number of halogens is 3. The second-order valence-corrected chi connectivity index (χ2v) is 4.58. The molecule has 20 heavy (non-hydrogen) atoms. The molecule has 1 heterocycles. The quantitative estimate of drug-likeness (QED) is 0.935. The first-order valence-electron chi connectivity index (χ1n) is 5.45. The van der Waals surface area contributed by atoms with Crippen LogP contribution < -0.4 is 5.32 Å². The van der Waals surface area contributed by atoms with Gasteiger partial charge in [0.1, 0.15) is 12.4 Å². The molecule has 0 saturated carbocycles. The first-order valence-corrected chi connectivity index (χ1v) is 6.33. The van der Waals surface area contributed by atoms with E-state index in [1.54, 1.807) is 24.3 Å². The number of carbonyl (C=O) groups is 1. The lowest BCUT2D eigenvalue weighted by molar-refractivity contribution is -0.137. The fourth-order valence-electron chi connectivity index (χ4n) is 1.33. The number of alkyl halides is 3. The molecular weight excluding hydrogens is 293 g/mol. The number of aromatic nitrogens is 1. The molecule has 2 aromatic rings. The second kappa shape index (κ2) is 5.91. The zero-order valence-electron chi connectivity index (χ0n) is 9.98. The van der Waals surface area contributed by atoms with Crippen molar-refractivity contribution in [2.75, 3.05) is 5.32 Å². The van der Waals surface area contributed by atoms with E-state index in [4.69, 9.17) is 4.74 Å². The van der Waals surface area contributed by atoms with Crippen molar-refractivity contribution in [2.24, 2.45) is 0 Å². The summed E-state index contributed by atoms with van der Waals surface area (Å²) < 4.78 is 41.8. The largest absolute Gasteiger partial charge is 0.444 e. The zero-order valence-corrected chi connectivity index (χ0v) is 10.8. The molecule has 0 saturated heterocycles. The molecule has 4 nitrogen and oxygen atoms in total. The molecule has 0 aliphatic rings. The van der Waals surface area contributed by atoms with Gasteiger partial charge in [-0.15, -0.1) is 11.3 Å². The van der Waals surface area contributed by atoms with E-state index in [0.29, 0.717) is 11.3 Å². The lowest BCUT2D eigenvalue weighted by Gasteiger charge is -2.05. The first kappa shape index (κ1) is 14.3. The Balaban J connectivity index is 1.87. The maximum atomic E-state index is 12.3. The highest BCUT2D eigenvalue weighted by atomic mass is 32.1. The van der Waals surface area contributed by atoms with Crippen molar-refractivity contribution in [1.29, 1.82) is 0 Å². The fraction of sp³-hybridized carbons (Fsp3) is 0.167. The summed E-state index contributed by atoms with van der Waals surface area (Å²) in [4.78, 5) is 14.7. The first-order chi connectivity index (χ1) is 9.45. The predicted octanol–water partition coefficient (Wildman–Crippen LogP) is 3.91. The Morgan fingerprint density at radius 3 is 2.60 bits per heavy atom. The van der Waals surface area contributed by atoms with Crippen LogP contribution in [0.4, 0.5) is 23.8 Å². The summed E-state index contributed by atoms with van der Waals surface area (Å²) in [6, 6.07) is 8.91. The molecule has 8 heteroatoms. The standard InChI is InChI=1S/C12H9F3N2O2S/c13-12(14,15)10-16-9(7-20-10)17-11(18)19-6-8-4-2-1-3-5-8/h1-5,7H,6H2,(H,17,18). The van der Waals surface area contributed by atoms with E-state index in [1.807, 2.05) is 6.07 Å². The molecule has 1 aromatic carbocycles. The van der Waals surface area contributed by atoms with Crippen molar-refractivity contribution >= 4 is 23.2 Å². The minimum Gasteiger partial charge on any atom is -0.444 e. The molecule has 2 rings (SSSR count). The van der Waals surface area contributed by atoms with E-state index in [9.17, 15) is 18.0 Å². The third-order valence-electron chi connectivity index (χ3n) is 2.19. The van der Waals surface area contributed by atoms with Gasteiger partial charge < -0.3 is 4.74 Å². The highest BCUT2D eigenvalue weighted by Crippen LogP contribution is 2.32. The van der Waals surface area contributed by atoms with Crippen LogP contribution in [0.25, 0.3) is 0 Å². The van der Waals surface area contributed by atoms with Crippen LogP contribution in [-0.2, 0) is 17.5 Å². The van der Waals surface area contributed by atoms with E-state index < -0.39 is 17.3 Å². The number of nitrogens with zero attached hydrogens (tertiary/aromatic N) is 1. The van der Waals surface area contributed by atoms with Crippen LogP contribution >= 0.6 is 11.3 Å². The van der Waals surface area contributed by atoms with Gasteiger partial charge in [0.2, 0.25) is 0 Å². The third-order valence-corrected chi connectivity index (χ3v) is 3.08. The Hall–Kier alpha value is -2.09. The van der Waals surface area contributed by atoms with E-state index >= 15 is 0 Å². The number of amides is 1. The number of benzene rings is 1. The monoisotopic (exact) mass is 302 g/mol. The van der Waals surface area contributed by atoms with Crippen LogP contribution in [0.3, 0.4) is 0 Å². The van der Waals surface area contributed by atoms with E-state index in [2.05, 4.69) is 10.3 Å². The van der Waals surface area contributed by atoms with Gasteiger partial charge in [0, 0.05) is 5.38 Å². The predicted molar refractivity (Wildman–Crippen MR) is 67.4 cm³/mol. The number of carbonyl (C=O) groups excluding carboxylic acids is 1. The molecule has 0 aliphatic heterocycles. The molecule has 0 spiro atoms. The Morgan fingerprint density at radius 2 is 2.00 bits per heavy atom. The van der Waals surface area contributed by atoms with Crippen molar-refractivity contribution in [2.45, 2.75) is 12.8 Å². The summed E-state index contributed by atoms with van der Waals surface area (Å²) in [6.45, 7) is 0.0307. The smallest absolute Gasteiger partial charge is 0.443 e. The number of thiazole rings is 1. The van der Waals surface area contributed by atoms with Gasteiger partial charge in [0.25, 0.3) is 0 Å². The molecule has 0 atom stereocenters. The average molecular weight is 302 g/mol. The summed E-state index contributed by atoms with van der Waals surface area (Å²) in [7, 11) is 0. The summed E-state index contributed by atoms with van der Waals surface area (Å²) in [5.74, 6) is -0.180. The lowest BCUT2D eigenvalue weighted by Crippen LogP contribution is -2.14. The molecule has 0 fully saturated rings. The van der Waals surface area contributed by atoms with Gasteiger partial charge in [-0.2, -0.15) is 13.2 Å². The van der Waals surface area contributed by atoms with E-state index in [1.165, 1.54) is 0 Å². The Morgan fingerprint density at radius 1 is 1.30 bits per heavy atom. The molecule has 1 amide bonds. The summed E-state index contributed by atoms with van der Waals surface area (Å²) in [5, 5.41) is 2.23. The highest BCUT2D eigenvalue weighted by Gasteiger charge is 2.34. The van der Waals surface area contributed by atoms with Gasteiger partial charge >= 0.3 is 12.3 Å². The van der Waals surface area contributed by atoms with E-state index in [0.717, 1.165) is 10.9 Å². The normalized spacial score (nSPS) is 11.2. The van der Waals surface area contributed by atoms with Gasteiger partial charge in [-0.3, -0.25) is 5.32 Å². The minimum absolute atomic E-state index is 0.0307. The zero-order chi connectivity index (χ0) is 14.6. The topological polar surface area (TPSA) is 51.2 Å². The molecule has 1 N–H and O–H groups in total. The second-order valence-electron chi connectivity index (χ2n) is 3.72. The average Bonchev–Trinajstić information content (AvgIpc) is 2.86. The van der Waals surface area contributed by atoms with Crippen molar-refractivity contribution < 1.29 is 22.7 Å². The Bertz CT molecular complexity index is 584. The Kier molecular flexibility index (Phi) is 4.23. The Labute approximate surface area is 116 Å². The molecular formula is C12H9F3N2O2S. The van der Waals surface area contributed by atoms with Crippen molar-refractivity contribution in [3.05, 3.63) is 46.3 Å². The third kappa shape index (κ3) is 3.95. The lowest BCUT2D eigenvalue weighted by atomic mass is 10.2. The molecule has 1 aromatic heterocycles. The molecule has 0 bridgehead atoms. The number of anilines is 1. The number of ether oxygens (including phenoxy) is 1. The van der Waals surface area contributed by atoms with Crippen LogP contribution in [0.1, 0.15) is 10.6 Å². The molecule has 0 radical (unpaired) electrons. The molecule has 0 aliphatic carbocycles. The van der Waals surface area contributed by atoms with Crippen molar-refractivity contribution in [1.82, 2.24) is 4.98 Å². The maximum Gasteiger partial charge on any atom is 0.443 e. The fourth-order valence-corrected chi connectivity index (χ4v) is 1.94. The van der Waals surface area contributed by atoms with Crippen LogP contribution in [-0.4, -0.2) is 11.1 Å².